The lowest BCUT2D eigenvalue weighted by molar-refractivity contribution is -0.152. The van der Waals surface area contributed by atoms with Gasteiger partial charge in [-0.3, -0.25) is 0 Å². The van der Waals surface area contributed by atoms with Crippen LogP contribution in [0.1, 0.15) is 12.0 Å². The fourth-order valence-electron chi connectivity index (χ4n) is 2.39. The Morgan fingerprint density at radius 1 is 1.26 bits per heavy atom. The maximum Gasteiger partial charge on any atom is 0.408 e. The molecule has 1 aliphatic rings. The van der Waals surface area contributed by atoms with E-state index in [1.807, 2.05) is 5.32 Å². The third kappa shape index (κ3) is 5.42. The molecule has 1 fully saturated rings. The molecular formula is C14H17F3N2O3S. The number of carbonyl (C=O) groups excluding carboxylic acids is 1. The first-order chi connectivity index (χ1) is 10.7. The van der Waals surface area contributed by atoms with Crippen molar-refractivity contribution in [2.75, 3.05) is 11.5 Å². The highest BCUT2D eigenvalue weighted by atomic mass is 32.2. The van der Waals surface area contributed by atoms with E-state index >= 15 is 0 Å². The van der Waals surface area contributed by atoms with Crippen molar-refractivity contribution in [3.8, 4) is 0 Å². The fourth-order valence-corrected chi connectivity index (χ4v) is 4.07. The molecule has 1 saturated heterocycles. The number of urea groups is 1. The molecule has 2 atom stereocenters. The van der Waals surface area contributed by atoms with Crippen molar-refractivity contribution in [1.29, 1.82) is 0 Å². The maximum absolute atomic E-state index is 13.1. The summed E-state index contributed by atoms with van der Waals surface area (Å²) >= 11 is 0. The van der Waals surface area contributed by atoms with Crippen LogP contribution >= 0.6 is 0 Å². The molecule has 2 amide bonds. The first kappa shape index (κ1) is 17.6. The number of hydrogen-bond donors (Lipinski definition) is 2. The average Bonchev–Trinajstić information content (AvgIpc) is 2.77. The standard InChI is InChI=1S/C14H17F3N2O3S/c15-14(16,17)12(8-10-4-2-1-3-5-10)19-13(20)18-11-6-7-23(21,22)9-11/h1-5,11-12H,6-9H2,(H2,18,19,20)/t11-,12+/m0/s1. The highest BCUT2D eigenvalue weighted by molar-refractivity contribution is 7.91. The number of carbonyl (C=O) groups is 1. The summed E-state index contributed by atoms with van der Waals surface area (Å²) < 4.78 is 61.8. The number of alkyl halides is 3. The normalized spacial score (nSPS) is 21.6. The molecule has 2 rings (SSSR count). The van der Waals surface area contributed by atoms with Crippen LogP contribution in [-0.2, 0) is 16.3 Å². The molecule has 2 N–H and O–H groups in total. The van der Waals surface area contributed by atoms with Crippen LogP contribution in [0.15, 0.2) is 30.3 Å². The van der Waals surface area contributed by atoms with Crippen LogP contribution in [0.2, 0.25) is 0 Å². The van der Waals surface area contributed by atoms with Crippen LogP contribution in [0.4, 0.5) is 18.0 Å². The summed E-state index contributed by atoms with van der Waals surface area (Å²) in [5.74, 6) is -0.305. The van der Waals surface area contributed by atoms with E-state index in [1.54, 1.807) is 30.3 Å². The molecule has 0 saturated carbocycles. The zero-order chi connectivity index (χ0) is 17.1. The Bertz CT molecular complexity index is 647. The third-order valence-electron chi connectivity index (χ3n) is 3.55. The van der Waals surface area contributed by atoms with E-state index in [9.17, 15) is 26.4 Å². The number of sulfone groups is 1. The van der Waals surface area contributed by atoms with Gasteiger partial charge >= 0.3 is 12.2 Å². The van der Waals surface area contributed by atoms with Crippen molar-refractivity contribution in [2.24, 2.45) is 0 Å². The molecule has 23 heavy (non-hydrogen) atoms. The second-order valence-electron chi connectivity index (χ2n) is 5.50. The second kappa shape index (κ2) is 6.77. The maximum atomic E-state index is 13.1. The Balaban J connectivity index is 1.96. The van der Waals surface area contributed by atoms with Crippen LogP contribution in [-0.4, -0.2) is 44.2 Å². The van der Waals surface area contributed by atoms with Crippen molar-refractivity contribution in [1.82, 2.24) is 10.6 Å². The Kier molecular flexibility index (Phi) is 5.18. The van der Waals surface area contributed by atoms with E-state index in [0.717, 1.165) is 0 Å². The van der Waals surface area contributed by atoms with Gasteiger partial charge in [-0.2, -0.15) is 13.2 Å². The van der Waals surface area contributed by atoms with Gasteiger partial charge in [0.1, 0.15) is 6.04 Å². The molecule has 0 unspecified atom stereocenters. The summed E-state index contributed by atoms with van der Waals surface area (Å²) in [5, 5.41) is 4.18. The number of benzene rings is 1. The lowest BCUT2D eigenvalue weighted by Gasteiger charge is -2.23. The first-order valence-corrected chi connectivity index (χ1v) is 8.86. The molecule has 9 heteroatoms. The van der Waals surface area contributed by atoms with Crippen LogP contribution < -0.4 is 10.6 Å². The van der Waals surface area contributed by atoms with Gasteiger partial charge < -0.3 is 10.6 Å². The quantitative estimate of drug-likeness (QED) is 0.867. The van der Waals surface area contributed by atoms with Crippen molar-refractivity contribution in [2.45, 2.75) is 31.1 Å². The molecule has 5 nitrogen and oxygen atoms in total. The summed E-state index contributed by atoms with van der Waals surface area (Å²) in [7, 11) is -3.21. The lowest BCUT2D eigenvalue weighted by atomic mass is 10.1. The molecule has 0 radical (unpaired) electrons. The minimum Gasteiger partial charge on any atom is -0.334 e. The average molecular weight is 350 g/mol. The molecule has 1 heterocycles. The van der Waals surface area contributed by atoms with Gasteiger partial charge in [0.15, 0.2) is 9.84 Å². The zero-order valence-electron chi connectivity index (χ0n) is 12.1. The summed E-state index contributed by atoms with van der Waals surface area (Å²) in [6.45, 7) is 0. The van der Waals surface area contributed by atoms with E-state index in [0.29, 0.717) is 5.56 Å². The number of amides is 2. The Morgan fingerprint density at radius 3 is 2.43 bits per heavy atom. The molecule has 0 aliphatic carbocycles. The minimum absolute atomic E-state index is 0.0648. The number of rotatable bonds is 4. The van der Waals surface area contributed by atoms with Gasteiger partial charge in [-0.1, -0.05) is 30.3 Å². The Labute approximate surface area is 132 Å². The van der Waals surface area contributed by atoms with E-state index in [2.05, 4.69) is 5.32 Å². The summed E-state index contributed by atoms with van der Waals surface area (Å²) in [6, 6.07) is 4.31. The van der Waals surface area contributed by atoms with Gasteiger partial charge in [0, 0.05) is 12.5 Å². The summed E-state index contributed by atoms with van der Waals surface area (Å²) in [4.78, 5) is 11.7. The third-order valence-corrected chi connectivity index (χ3v) is 5.32. The van der Waals surface area contributed by atoms with E-state index in [-0.39, 0.29) is 24.3 Å². The summed E-state index contributed by atoms with van der Waals surface area (Å²) in [5.41, 5.74) is 0.443. The van der Waals surface area contributed by atoms with Crippen LogP contribution in [0.3, 0.4) is 0 Å². The second-order valence-corrected chi connectivity index (χ2v) is 7.73. The molecule has 128 valence electrons. The van der Waals surface area contributed by atoms with Crippen LogP contribution in [0, 0.1) is 0 Å². The van der Waals surface area contributed by atoms with Crippen molar-refractivity contribution in [3.05, 3.63) is 35.9 Å². The number of hydrogen-bond acceptors (Lipinski definition) is 3. The van der Waals surface area contributed by atoms with E-state index < -0.39 is 34.1 Å². The first-order valence-electron chi connectivity index (χ1n) is 7.04. The van der Waals surface area contributed by atoms with E-state index in [1.165, 1.54) is 0 Å². The fraction of sp³-hybridized carbons (Fsp3) is 0.500. The van der Waals surface area contributed by atoms with Gasteiger partial charge in [0.25, 0.3) is 0 Å². The van der Waals surface area contributed by atoms with Crippen molar-refractivity contribution < 1.29 is 26.4 Å². The minimum atomic E-state index is -4.60. The van der Waals surface area contributed by atoms with Crippen LogP contribution in [0.5, 0.6) is 0 Å². The monoisotopic (exact) mass is 350 g/mol. The number of nitrogens with one attached hydrogen (secondary N) is 2. The van der Waals surface area contributed by atoms with Gasteiger partial charge in [-0.05, 0) is 12.0 Å². The summed E-state index contributed by atoms with van der Waals surface area (Å²) in [6.07, 6.45) is -4.78. The van der Waals surface area contributed by atoms with Gasteiger partial charge in [0.05, 0.1) is 11.5 Å². The largest absolute Gasteiger partial charge is 0.408 e. The molecule has 0 aromatic heterocycles. The predicted molar refractivity (Wildman–Crippen MR) is 78.7 cm³/mol. The van der Waals surface area contributed by atoms with Crippen LogP contribution in [0.25, 0.3) is 0 Å². The van der Waals surface area contributed by atoms with Gasteiger partial charge in [-0.15, -0.1) is 0 Å². The zero-order valence-corrected chi connectivity index (χ0v) is 13.0. The van der Waals surface area contributed by atoms with Crippen molar-refractivity contribution in [3.63, 3.8) is 0 Å². The van der Waals surface area contributed by atoms with Crippen molar-refractivity contribution >= 4 is 15.9 Å². The smallest absolute Gasteiger partial charge is 0.334 e. The lowest BCUT2D eigenvalue weighted by Crippen LogP contribution is -2.52. The molecule has 1 aromatic carbocycles. The van der Waals surface area contributed by atoms with Gasteiger partial charge in [-0.25, -0.2) is 13.2 Å². The molecule has 0 spiro atoms. The molecular weight excluding hydrogens is 333 g/mol. The predicted octanol–water partition coefficient (Wildman–Crippen LogP) is 1.65. The molecule has 1 aliphatic heterocycles. The van der Waals surface area contributed by atoms with Gasteiger partial charge in [0.2, 0.25) is 0 Å². The number of halogens is 3. The highest BCUT2D eigenvalue weighted by Gasteiger charge is 2.41. The SMILES string of the molecule is O=C(N[C@H]1CCS(=O)(=O)C1)N[C@H](Cc1ccccc1)C(F)(F)F. The highest BCUT2D eigenvalue weighted by Crippen LogP contribution is 2.23. The molecule has 0 bridgehead atoms. The topological polar surface area (TPSA) is 75.3 Å². The Morgan fingerprint density at radius 2 is 1.91 bits per heavy atom. The van der Waals surface area contributed by atoms with E-state index in [4.69, 9.17) is 0 Å². The Hall–Kier alpha value is -1.77. The molecule has 1 aromatic rings.